The first-order chi connectivity index (χ1) is 10.7. The van der Waals surface area contributed by atoms with Gasteiger partial charge in [-0.3, -0.25) is 0 Å². The summed E-state index contributed by atoms with van der Waals surface area (Å²) in [5.41, 5.74) is 11.3. The highest BCUT2D eigenvalue weighted by Crippen LogP contribution is 2.25. The second-order valence-electron chi connectivity index (χ2n) is 3.84. The molecule has 0 bridgehead atoms. The van der Waals surface area contributed by atoms with Gasteiger partial charge in [-0.2, -0.15) is 9.97 Å². The molecule has 0 saturated heterocycles. The molecule has 0 aliphatic carbocycles. The summed E-state index contributed by atoms with van der Waals surface area (Å²) in [6.45, 7) is 0. The highest BCUT2D eigenvalue weighted by atomic mass is 16.6. The largest absolute Gasteiger partial charge is 0.379 e. The lowest BCUT2D eigenvalue weighted by atomic mass is 10.4. The summed E-state index contributed by atoms with van der Waals surface area (Å²) < 4.78 is 18.8. The van der Waals surface area contributed by atoms with Gasteiger partial charge in [-0.25, -0.2) is 9.26 Å². The average Bonchev–Trinajstić information content (AvgIpc) is 3.23. The molecule has 14 heteroatoms. The van der Waals surface area contributed by atoms with Gasteiger partial charge in [0.05, 0.1) is 0 Å². The summed E-state index contributed by atoms with van der Waals surface area (Å²) >= 11 is 0. The maximum Gasteiger partial charge on any atom is 0.316 e. The monoisotopic (exact) mass is 304 g/mol. The Balaban J connectivity index is 1.69. The molecule has 0 unspecified atom stereocenters. The lowest BCUT2D eigenvalue weighted by molar-refractivity contribution is 0.310. The van der Waals surface area contributed by atoms with Gasteiger partial charge in [0.2, 0.25) is 11.6 Å². The molecule has 22 heavy (non-hydrogen) atoms. The summed E-state index contributed by atoms with van der Waals surface area (Å²) in [4.78, 5) is 7.99. The van der Waals surface area contributed by atoms with E-state index in [0.717, 1.165) is 0 Å². The van der Waals surface area contributed by atoms with Crippen LogP contribution in [0.4, 0.5) is 11.6 Å². The smallest absolute Gasteiger partial charge is 0.316 e. The van der Waals surface area contributed by atoms with Crippen LogP contribution in [0.25, 0.3) is 34.8 Å². The number of nitrogens with zero attached hydrogens (tertiary/aromatic N) is 8. The minimum atomic E-state index is -0.0637. The first-order valence-corrected chi connectivity index (χ1v) is 5.57. The predicted octanol–water partition coefficient (Wildman–Crippen LogP) is -0.616. The summed E-state index contributed by atoms with van der Waals surface area (Å²) in [6.07, 6.45) is 0. The molecule has 0 spiro atoms. The zero-order valence-corrected chi connectivity index (χ0v) is 10.4. The van der Waals surface area contributed by atoms with E-state index >= 15 is 0 Å². The van der Waals surface area contributed by atoms with Crippen LogP contribution >= 0.6 is 0 Å². The number of aromatic nitrogens is 8. The third-order valence-corrected chi connectivity index (χ3v) is 2.49. The third kappa shape index (κ3) is 1.74. The summed E-state index contributed by atoms with van der Waals surface area (Å²) in [5.74, 6) is 0.00427. The van der Waals surface area contributed by atoms with Crippen molar-refractivity contribution in [2.45, 2.75) is 0 Å². The third-order valence-electron chi connectivity index (χ3n) is 2.49. The number of hydrogen-bond acceptors (Lipinski definition) is 14. The van der Waals surface area contributed by atoms with E-state index in [0.29, 0.717) is 0 Å². The van der Waals surface area contributed by atoms with Crippen molar-refractivity contribution >= 4 is 11.6 Å². The number of nitrogens with two attached hydrogens (primary N) is 2. The Bertz CT molecular complexity index is 858. The van der Waals surface area contributed by atoms with E-state index in [2.05, 4.69) is 50.2 Å². The maximum absolute atomic E-state index is 5.53. The van der Waals surface area contributed by atoms with Crippen LogP contribution in [-0.4, -0.2) is 40.9 Å². The molecule has 110 valence electrons. The topological polar surface area (TPSA) is 208 Å². The van der Waals surface area contributed by atoms with Gasteiger partial charge < -0.3 is 20.5 Å². The van der Waals surface area contributed by atoms with Crippen molar-refractivity contribution in [2.24, 2.45) is 0 Å². The number of hydrogen-bond donors (Lipinski definition) is 2. The molecule has 4 N–H and O–H groups in total. The molecule has 4 heterocycles. The van der Waals surface area contributed by atoms with E-state index in [9.17, 15) is 0 Å². The van der Waals surface area contributed by atoms with Crippen LogP contribution in [-0.2, 0) is 0 Å². The average molecular weight is 304 g/mol. The van der Waals surface area contributed by atoms with Crippen molar-refractivity contribution in [3.63, 3.8) is 0 Å². The molecule has 4 aromatic rings. The standard InChI is InChI=1S/C8H4N10O4/c9-3-1(13-21-15-3)5-11-7(19-17-5)8-12-6(18-20-8)2-4(10)16-22-14-2/h(H2,9,15)(H2,10,16). The molecule has 0 radical (unpaired) electrons. The van der Waals surface area contributed by atoms with Crippen molar-refractivity contribution in [2.75, 3.05) is 11.5 Å². The van der Waals surface area contributed by atoms with Crippen LogP contribution in [0.5, 0.6) is 0 Å². The SMILES string of the molecule is Nc1nonc1-c1noc(-c2nc(-c3nonc3N)no2)n1. The van der Waals surface area contributed by atoms with Gasteiger partial charge in [0, 0.05) is 0 Å². The van der Waals surface area contributed by atoms with Crippen molar-refractivity contribution in [3.05, 3.63) is 0 Å². The predicted molar refractivity (Wildman–Crippen MR) is 63.0 cm³/mol. The number of nitrogen functional groups attached to an aromatic ring is 2. The summed E-state index contributed by atoms with van der Waals surface area (Å²) in [6, 6.07) is 0. The van der Waals surface area contributed by atoms with Gasteiger partial charge in [0.1, 0.15) is 0 Å². The van der Waals surface area contributed by atoms with Crippen LogP contribution in [0.3, 0.4) is 0 Å². The van der Waals surface area contributed by atoms with Crippen LogP contribution in [0.1, 0.15) is 0 Å². The molecule has 0 amide bonds. The molecule has 0 aliphatic heterocycles. The zero-order valence-electron chi connectivity index (χ0n) is 10.4. The van der Waals surface area contributed by atoms with Gasteiger partial charge >= 0.3 is 11.8 Å². The molecule has 4 aromatic heterocycles. The highest BCUT2D eigenvalue weighted by molar-refractivity contribution is 5.64. The Morgan fingerprint density at radius 3 is 1.41 bits per heavy atom. The minimum absolute atomic E-state index is 0.0139. The van der Waals surface area contributed by atoms with Crippen molar-refractivity contribution in [1.82, 2.24) is 40.9 Å². The Morgan fingerprint density at radius 1 is 0.591 bits per heavy atom. The second kappa shape index (κ2) is 4.33. The molecule has 4 rings (SSSR count). The lowest BCUT2D eigenvalue weighted by Gasteiger charge is -1.83. The molecule has 0 aliphatic rings. The normalized spacial score (nSPS) is 11.1. The Morgan fingerprint density at radius 2 is 1.05 bits per heavy atom. The number of anilines is 2. The van der Waals surface area contributed by atoms with E-state index in [1.165, 1.54) is 0 Å². The van der Waals surface area contributed by atoms with Crippen molar-refractivity contribution in [1.29, 1.82) is 0 Å². The molecule has 0 aromatic carbocycles. The Kier molecular flexibility index (Phi) is 2.35. The van der Waals surface area contributed by atoms with Crippen LogP contribution < -0.4 is 11.5 Å². The van der Waals surface area contributed by atoms with Gasteiger partial charge in [-0.1, -0.05) is 10.3 Å². The quantitative estimate of drug-likeness (QED) is 0.483. The Labute approximate surface area is 118 Å². The molecule has 14 nitrogen and oxygen atoms in total. The zero-order chi connectivity index (χ0) is 15.1. The van der Waals surface area contributed by atoms with Gasteiger partial charge in [-0.05, 0) is 20.6 Å². The van der Waals surface area contributed by atoms with E-state index in [1.54, 1.807) is 0 Å². The van der Waals surface area contributed by atoms with Gasteiger partial charge in [-0.15, -0.1) is 0 Å². The minimum Gasteiger partial charge on any atom is -0.379 e. The van der Waals surface area contributed by atoms with Crippen molar-refractivity contribution < 1.29 is 18.3 Å². The number of rotatable bonds is 3. The molecule has 0 saturated carbocycles. The van der Waals surface area contributed by atoms with E-state index in [-0.39, 0.29) is 46.5 Å². The summed E-state index contributed by atoms with van der Waals surface area (Å²) in [7, 11) is 0. The molecular weight excluding hydrogens is 300 g/mol. The van der Waals surface area contributed by atoms with Gasteiger partial charge in [0.15, 0.2) is 23.0 Å². The second-order valence-corrected chi connectivity index (χ2v) is 3.84. The lowest BCUT2D eigenvalue weighted by Crippen LogP contribution is -1.90. The van der Waals surface area contributed by atoms with Gasteiger partial charge in [0.25, 0.3) is 0 Å². The molecular formula is C8H4N10O4. The van der Waals surface area contributed by atoms with E-state index in [4.69, 9.17) is 20.5 Å². The maximum atomic E-state index is 5.53. The van der Waals surface area contributed by atoms with E-state index < -0.39 is 0 Å². The van der Waals surface area contributed by atoms with E-state index in [1.807, 2.05) is 0 Å². The molecule has 0 fully saturated rings. The Hall–Kier alpha value is -3.84. The first kappa shape index (κ1) is 11.9. The fourth-order valence-corrected chi connectivity index (χ4v) is 1.51. The van der Waals surface area contributed by atoms with Crippen molar-refractivity contribution in [3.8, 4) is 34.8 Å². The highest BCUT2D eigenvalue weighted by Gasteiger charge is 2.23. The van der Waals surface area contributed by atoms with Crippen LogP contribution in [0, 0.1) is 0 Å². The first-order valence-electron chi connectivity index (χ1n) is 5.57. The molecule has 0 atom stereocenters. The fraction of sp³-hybridized carbons (Fsp3) is 0. The fourth-order valence-electron chi connectivity index (χ4n) is 1.51. The summed E-state index contributed by atoms with van der Waals surface area (Å²) in [5, 5.41) is 21.2. The van der Waals surface area contributed by atoms with Crippen LogP contribution in [0.2, 0.25) is 0 Å². The van der Waals surface area contributed by atoms with Crippen LogP contribution in [0.15, 0.2) is 18.3 Å².